The number of nitrogens with one attached hydrogen (secondary N) is 1. The van der Waals surface area contributed by atoms with E-state index in [0.29, 0.717) is 0 Å². The fourth-order valence-electron chi connectivity index (χ4n) is 2.13. The fourth-order valence-corrected chi connectivity index (χ4v) is 2.13. The summed E-state index contributed by atoms with van der Waals surface area (Å²) in [6, 6.07) is 5.78. The highest BCUT2D eigenvalue weighted by Gasteiger charge is 2.23. The molecule has 0 atom stereocenters. The summed E-state index contributed by atoms with van der Waals surface area (Å²) in [5.41, 5.74) is 7.77. The van der Waals surface area contributed by atoms with Crippen LogP contribution in [0.2, 0.25) is 0 Å². The number of ether oxygens (including phenoxy) is 1. The lowest BCUT2D eigenvalue weighted by Crippen LogP contribution is -2.36. The Morgan fingerprint density at radius 3 is 2.18 bits per heavy atom. The van der Waals surface area contributed by atoms with Gasteiger partial charge in [0.1, 0.15) is 5.75 Å². The van der Waals surface area contributed by atoms with Crippen LogP contribution in [0.5, 0.6) is 5.75 Å². The molecule has 3 N–H and O–H groups in total. The Bertz CT molecular complexity index is 351. The van der Waals surface area contributed by atoms with Crippen LogP contribution in [0.3, 0.4) is 0 Å². The van der Waals surface area contributed by atoms with Crippen LogP contribution < -0.4 is 15.8 Å². The Morgan fingerprint density at radius 2 is 1.71 bits per heavy atom. The van der Waals surface area contributed by atoms with Gasteiger partial charge in [0.05, 0.1) is 7.11 Å². The van der Waals surface area contributed by atoms with Gasteiger partial charge in [0.15, 0.2) is 0 Å². The molecule has 0 bridgehead atoms. The van der Waals surface area contributed by atoms with Gasteiger partial charge in [0.2, 0.25) is 0 Å². The standard InChI is InChI=1S/C14H24N2O/c1-5-14(6-2,7-3)16-12-8-11(15)9-13(10-12)17-4/h8-10,16H,5-7,15H2,1-4H3. The Labute approximate surface area is 104 Å². The molecule has 0 aliphatic carbocycles. The molecule has 1 rings (SSSR count). The van der Waals surface area contributed by atoms with Gasteiger partial charge >= 0.3 is 0 Å². The van der Waals surface area contributed by atoms with Crippen molar-refractivity contribution in [1.82, 2.24) is 0 Å². The number of rotatable bonds is 6. The van der Waals surface area contributed by atoms with Gasteiger partial charge in [-0.2, -0.15) is 0 Å². The van der Waals surface area contributed by atoms with E-state index in [4.69, 9.17) is 10.5 Å². The summed E-state index contributed by atoms with van der Waals surface area (Å²) in [6.45, 7) is 6.64. The molecular weight excluding hydrogens is 212 g/mol. The maximum atomic E-state index is 5.86. The van der Waals surface area contributed by atoms with Gasteiger partial charge in [-0.1, -0.05) is 20.8 Å². The number of methoxy groups -OCH3 is 1. The van der Waals surface area contributed by atoms with Gasteiger partial charge in [-0.15, -0.1) is 0 Å². The molecule has 0 fully saturated rings. The molecule has 0 radical (unpaired) electrons. The lowest BCUT2D eigenvalue weighted by Gasteiger charge is -2.33. The third-order valence-electron chi connectivity index (χ3n) is 3.60. The van der Waals surface area contributed by atoms with E-state index in [9.17, 15) is 0 Å². The first-order valence-electron chi connectivity index (χ1n) is 6.32. The average molecular weight is 236 g/mol. The average Bonchev–Trinajstić information content (AvgIpc) is 2.35. The van der Waals surface area contributed by atoms with E-state index in [1.54, 1.807) is 7.11 Å². The van der Waals surface area contributed by atoms with Gasteiger partial charge < -0.3 is 15.8 Å². The number of nitrogen functional groups attached to an aromatic ring is 1. The van der Waals surface area contributed by atoms with Gasteiger partial charge in [0, 0.05) is 29.0 Å². The number of hydrogen-bond donors (Lipinski definition) is 2. The number of benzene rings is 1. The second-order valence-corrected chi connectivity index (χ2v) is 4.46. The fraction of sp³-hybridized carbons (Fsp3) is 0.571. The van der Waals surface area contributed by atoms with Crippen LogP contribution in [0.4, 0.5) is 11.4 Å². The minimum atomic E-state index is 0.152. The molecule has 0 unspecified atom stereocenters. The maximum absolute atomic E-state index is 5.86. The third-order valence-corrected chi connectivity index (χ3v) is 3.60. The van der Waals surface area contributed by atoms with Gasteiger partial charge in [-0.25, -0.2) is 0 Å². The van der Waals surface area contributed by atoms with Crippen molar-refractivity contribution in [1.29, 1.82) is 0 Å². The van der Waals surface area contributed by atoms with Crippen molar-refractivity contribution in [2.45, 2.75) is 45.6 Å². The summed E-state index contributed by atoms with van der Waals surface area (Å²) in [4.78, 5) is 0. The predicted molar refractivity (Wildman–Crippen MR) is 74.6 cm³/mol. The second kappa shape index (κ2) is 5.80. The molecule has 0 spiro atoms. The van der Waals surface area contributed by atoms with Crippen LogP contribution in [0.15, 0.2) is 18.2 Å². The summed E-state index contributed by atoms with van der Waals surface area (Å²) in [7, 11) is 1.66. The van der Waals surface area contributed by atoms with Crippen LogP contribution in [-0.4, -0.2) is 12.6 Å². The van der Waals surface area contributed by atoms with Crippen molar-refractivity contribution >= 4 is 11.4 Å². The molecule has 96 valence electrons. The zero-order chi connectivity index (χ0) is 12.9. The first-order valence-corrected chi connectivity index (χ1v) is 6.32. The first kappa shape index (κ1) is 13.7. The Hall–Kier alpha value is -1.38. The normalized spacial score (nSPS) is 11.3. The van der Waals surface area contributed by atoms with Crippen molar-refractivity contribution in [3.05, 3.63) is 18.2 Å². The number of anilines is 2. The third kappa shape index (κ3) is 3.29. The molecule has 1 aromatic carbocycles. The molecular formula is C14H24N2O. The Balaban J connectivity index is 2.96. The lowest BCUT2D eigenvalue weighted by atomic mass is 9.89. The van der Waals surface area contributed by atoms with E-state index in [1.807, 2.05) is 18.2 Å². The van der Waals surface area contributed by atoms with E-state index in [0.717, 1.165) is 36.4 Å². The van der Waals surface area contributed by atoms with Gasteiger partial charge in [-0.05, 0) is 25.3 Å². The summed E-state index contributed by atoms with van der Waals surface area (Å²) < 4.78 is 5.23. The molecule has 3 heteroatoms. The van der Waals surface area contributed by atoms with Crippen molar-refractivity contribution in [2.75, 3.05) is 18.2 Å². The zero-order valence-corrected chi connectivity index (χ0v) is 11.3. The molecule has 0 aliphatic heterocycles. The minimum Gasteiger partial charge on any atom is -0.497 e. The molecule has 3 nitrogen and oxygen atoms in total. The molecule has 0 aliphatic rings. The molecule has 0 amide bonds. The topological polar surface area (TPSA) is 47.3 Å². The van der Waals surface area contributed by atoms with Gasteiger partial charge in [-0.3, -0.25) is 0 Å². The monoisotopic (exact) mass is 236 g/mol. The smallest absolute Gasteiger partial charge is 0.122 e. The summed E-state index contributed by atoms with van der Waals surface area (Å²) in [6.07, 6.45) is 3.28. The predicted octanol–water partition coefficient (Wildman–Crippen LogP) is 3.66. The van der Waals surface area contributed by atoms with Gasteiger partial charge in [0.25, 0.3) is 0 Å². The molecule has 0 heterocycles. The lowest BCUT2D eigenvalue weighted by molar-refractivity contribution is 0.411. The van der Waals surface area contributed by atoms with E-state index in [-0.39, 0.29) is 5.54 Å². The molecule has 0 aromatic heterocycles. The molecule has 0 saturated heterocycles. The van der Waals surface area contributed by atoms with E-state index < -0.39 is 0 Å². The summed E-state index contributed by atoms with van der Waals surface area (Å²) in [5, 5.41) is 3.60. The quantitative estimate of drug-likeness (QED) is 0.741. The minimum absolute atomic E-state index is 0.152. The zero-order valence-electron chi connectivity index (χ0n) is 11.3. The Morgan fingerprint density at radius 1 is 1.12 bits per heavy atom. The van der Waals surface area contributed by atoms with E-state index >= 15 is 0 Å². The van der Waals surface area contributed by atoms with E-state index in [2.05, 4.69) is 26.1 Å². The van der Waals surface area contributed by atoms with Crippen molar-refractivity contribution in [3.63, 3.8) is 0 Å². The molecule has 0 saturated carbocycles. The maximum Gasteiger partial charge on any atom is 0.122 e. The van der Waals surface area contributed by atoms with Crippen LogP contribution in [0.25, 0.3) is 0 Å². The van der Waals surface area contributed by atoms with E-state index in [1.165, 1.54) is 0 Å². The van der Waals surface area contributed by atoms with Crippen LogP contribution in [0, 0.1) is 0 Å². The highest BCUT2D eigenvalue weighted by atomic mass is 16.5. The number of nitrogens with two attached hydrogens (primary N) is 1. The van der Waals surface area contributed by atoms with Crippen molar-refractivity contribution in [2.24, 2.45) is 0 Å². The van der Waals surface area contributed by atoms with Crippen LogP contribution in [0.1, 0.15) is 40.0 Å². The van der Waals surface area contributed by atoms with Crippen LogP contribution in [-0.2, 0) is 0 Å². The summed E-state index contributed by atoms with van der Waals surface area (Å²) in [5.74, 6) is 0.796. The molecule has 17 heavy (non-hydrogen) atoms. The first-order chi connectivity index (χ1) is 8.09. The largest absolute Gasteiger partial charge is 0.497 e. The van der Waals surface area contributed by atoms with Crippen molar-refractivity contribution in [3.8, 4) is 5.75 Å². The van der Waals surface area contributed by atoms with Crippen molar-refractivity contribution < 1.29 is 4.74 Å². The highest BCUT2D eigenvalue weighted by molar-refractivity contribution is 5.60. The highest BCUT2D eigenvalue weighted by Crippen LogP contribution is 2.29. The SMILES string of the molecule is CCC(CC)(CC)Nc1cc(N)cc(OC)c1. The number of hydrogen-bond acceptors (Lipinski definition) is 3. The van der Waals surface area contributed by atoms with Crippen LogP contribution >= 0.6 is 0 Å². The molecule has 1 aromatic rings. The Kier molecular flexibility index (Phi) is 4.67. The summed E-state index contributed by atoms with van der Waals surface area (Å²) >= 11 is 0. The second-order valence-electron chi connectivity index (χ2n) is 4.46.